The highest BCUT2D eigenvalue weighted by molar-refractivity contribution is 5.99. The molecule has 0 saturated heterocycles. The van der Waals surface area contributed by atoms with Crippen molar-refractivity contribution in [2.24, 2.45) is 16.6 Å². The standard InChI is InChI=1S/C31H38FN5O4/c1-30(29(34)39)16-41-27-22(30)13-23(37-26(27)18-5-3-4-6-18)21(17-7-8-17)15-35-28(38)19-11-20(14-36-31(32)9-10-31)25(33)24(12-19)40-2/h11-14,17-18,21H,3-10,15-16,33H2,1-2H3,(H2,34,39)(H,35,38)/b36-14+/t21-,30-/m0/s1. The van der Waals surface area contributed by atoms with Gasteiger partial charge in [-0.1, -0.05) is 12.8 Å². The predicted molar refractivity (Wildman–Crippen MR) is 153 cm³/mol. The zero-order chi connectivity index (χ0) is 28.9. The fourth-order valence-corrected chi connectivity index (χ4v) is 6.09. The number of benzene rings is 1. The fourth-order valence-electron chi connectivity index (χ4n) is 6.09. The van der Waals surface area contributed by atoms with E-state index in [9.17, 15) is 14.0 Å². The number of nitrogen functional groups attached to an aromatic ring is 1. The number of methoxy groups -OCH3 is 1. The molecule has 1 aromatic carbocycles. The molecule has 41 heavy (non-hydrogen) atoms. The normalized spacial score (nSPS) is 23.7. The number of nitrogens with one attached hydrogen (secondary N) is 1. The summed E-state index contributed by atoms with van der Waals surface area (Å²) in [6.07, 6.45) is 8.60. The monoisotopic (exact) mass is 563 g/mol. The van der Waals surface area contributed by atoms with E-state index in [4.69, 9.17) is 25.9 Å². The maximum absolute atomic E-state index is 14.1. The molecular formula is C31H38FN5O4. The third-order valence-electron chi connectivity index (χ3n) is 9.21. The second-order valence-corrected chi connectivity index (χ2v) is 12.3. The van der Waals surface area contributed by atoms with Gasteiger partial charge >= 0.3 is 0 Å². The summed E-state index contributed by atoms with van der Waals surface area (Å²) in [6.45, 7) is 2.42. The summed E-state index contributed by atoms with van der Waals surface area (Å²) in [7, 11) is 1.47. The first kappa shape index (κ1) is 27.5. The number of fused-ring (bicyclic) bond motifs is 1. The number of alkyl halides is 1. The number of nitrogens with zero attached hydrogens (tertiary/aromatic N) is 2. The van der Waals surface area contributed by atoms with E-state index in [1.807, 2.05) is 13.0 Å². The highest BCUT2D eigenvalue weighted by atomic mass is 19.1. The van der Waals surface area contributed by atoms with Crippen molar-refractivity contribution in [1.29, 1.82) is 0 Å². The van der Waals surface area contributed by atoms with E-state index >= 15 is 0 Å². The Balaban J connectivity index is 1.28. The number of aromatic nitrogens is 1. The summed E-state index contributed by atoms with van der Waals surface area (Å²) in [5.74, 6) is -0.576. The Hall–Kier alpha value is -3.69. The molecule has 0 bridgehead atoms. The van der Waals surface area contributed by atoms with Gasteiger partial charge in [-0.3, -0.25) is 19.6 Å². The number of rotatable bonds is 10. The van der Waals surface area contributed by atoms with Crippen molar-refractivity contribution in [3.63, 3.8) is 0 Å². The summed E-state index contributed by atoms with van der Waals surface area (Å²) in [5.41, 5.74) is 14.8. The smallest absolute Gasteiger partial charge is 0.251 e. The van der Waals surface area contributed by atoms with Crippen LogP contribution < -0.4 is 26.3 Å². The number of hydrogen-bond donors (Lipinski definition) is 3. The number of anilines is 1. The van der Waals surface area contributed by atoms with Crippen LogP contribution in [0.2, 0.25) is 0 Å². The SMILES string of the molecule is COc1cc(C(=O)NC[C@H](c2cc3c(c(C4CCCC4)n2)OC[C@]3(C)C(N)=O)C2CC2)cc(/C=N/C2(F)CC2)c1N. The number of nitrogens with two attached hydrogens (primary N) is 2. The van der Waals surface area contributed by atoms with Crippen LogP contribution >= 0.6 is 0 Å². The lowest BCUT2D eigenvalue weighted by molar-refractivity contribution is -0.123. The van der Waals surface area contributed by atoms with Crippen LogP contribution in [0.1, 0.15) is 103 Å². The lowest BCUT2D eigenvalue weighted by Gasteiger charge is -2.23. The average molecular weight is 564 g/mol. The van der Waals surface area contributed by atoms with Crippen LogP contribution in [0.5, 0.6) is 11.5 Å². The lowest BCUT2D eigenvalue weighted by Crippen LogP contribution is -2.40. The number of aliphatic imine (C=N–C) groups is 1. The number of hydrogen-bond acceptors (Lipinski definition) is 7. The van der Waals surface area contributed by atoms with Crippen LogP contribution in [0.15, 0.2) is 23.2 Å². The van der Waals surface area contributed by atoms with Crippen molar-refractivity contribution in [1.82, 2.24) is 10.3 Å². The van der Waals surface area contributed by atoms with Crippen molar-refractivity contribution in [3.05, 3.63) is 46.3 Å². The van der Waals surface area contributed by atoms with Gasteiger partial charge in [-0.05, 0) is 56.7 Å². The molecule has 9 nitrogen and oxygen atoms in total. The summed E-state index contributed by atoms with van der Waals surface area (Å²) in [4.78, 5) is 35.1. The zero-order valence-electron chi connectivity index (χ0n) is 23.7. The Morgan fingerprint density at radius 1 is 1.24 bits per heavy atom. The Bertz CT molecular complexity index is 1410. The summed E-state index contributed by atoms with van der Waals surface area (Å²) < 4.78 is 25.6. The Morgan fingerprint density at radius 3 is 2.61 bits per heavy atom. The number of primary amides is 1. The van der Waals surface area contributed by atoms with Gasteiger partial charge in [0.2, 0.25) is 5.91 Å². The third kappa shape index (κ3) is 5.24. The molecule has 2 amide bonds. The first-order valence-corrected chi connectivity index (χ1v) is 14.6. The predicted octanol–water partition coefficient (Wildman–Crippen LogP) is 4.27. The van der Waals surface area contributed by atoms with Crippen LogP contribution in [-0.2, 0) is 10.2 Å². The van der Waals surface area contributed by atoms with E-state index in [0.717, 1.165) is 55.5 Å². The van der Waals surface area contributed by atoms with Crippen LogP contribution in [0.3, 0.4) is 0 Å². The molecule has 10 heteroatoms. The largest absolute Gasteiger partial charge is 0.495 e. The molecule has 0 radical (unpaired) electrons. The number of pyridine rings is 1. The molecule has 1 aliphatic heterocycles. The number of halogens is 1. The molecule has 3 fully saturated rings. The molecule has 3 aliphatic carbocycles. The van der Waals surface area contributed by atoms with E-state index in [1.54, 1.807) is 12.1 Å². The van der Waals surface area contributed by atoms with Gasteiger partial charge in [0.05, 0.1) is 18.5 Å². The molecule has 0 spiro atoms. The van der Waals surface area contributed by atoms with Crippen molar-refractivity contribution >= 4 is 23.7 Å². The topological polar surface area (TPSA) is 142 Å². The molecule has 0 unspecified atom stereocenters. The van der Waals surface area contributed by atoms with E-state index in [-0.39, 0.29) is 24.3 Å². The van der Waals surface area contributed by atoms with Gasteiger partial charge in [0, 0.05) is 59.8 Å². The van der Waals surface area contributed by atoms with Crippen molar-refractivity contribution < 1.29 is 23.5 Å². The first-order chi connectivity index (χ1) is 19.6. The van der Waals surface area contributed by atoms with Crippen molar-refractivity contribution in [2.75, 3.05) is 26.0 Å². The Labute approximate surface area is 239 Å². The summed E-state index contributed by atoms with van der Waals surface area (Å²) in [6, 6.07) is 5.17. The average Bonchev–Trinajstić information content (AvgIpc) is 3.84. The molecule has 2 atom stereocenters. The van der Waals surface area contributed by atoms with E-state index in [2.05, 4.69) is 10.3 Å². The van der Waals surface area contributed by atoms with E-state index in [1.165, 1.54) is 13.3 Å². The van der Waals surface area contributed by atoms with Crippen molar-refractivity contribution in [3.8, 4) is 11.5 Å². The molecular weight excluding hydrogens is 525 g/mol. The highest BCUT2D eigenvalue weighted by Gasteiger charge is 2.46. The Morgan fingerprint density at radius 2 is 1.98 bits per heavy atom. The van der Waals surface area contributed by atoms with Gasteiger partial charge in [0.25, 0.3) is 5.91 Å². The molecule has 6 rings (SSSR count). The van der Waals surface area contributed by atoms with Gasteiger partial charge < -0.3 is 26.3 Å². The van der Waals surface area contributed by atoms with Crippen LogP contribution in [0.4, 0.5) is 10.1 Å². The zero-order valence-corrected chi connectivity index (χ0v) is 23.7. The van der Waals surface area contributed by atoms with Crippen LogP contribution in [0.25, 0.3) is 0 Å². The Kier molecular flexibility index (Phi) is 6.90. The molecule has 2 heterocycles. The molecule has 5 N–H and O–H groups in total. The second kappa shape index (κ2) is 10.3. The minimum atomic E-state index is -1.54. The van der Waals surface area contributed by atoms with Gasteiger partial charge in [-0.25, -0.2) is 4.39 Å². The third-order valence-corrected chi connectivity index (χ3v) is 9.21. The van der Waals surface area contributed by atoms with Gasteiger partial charge in [-0.15, -0.1) is 0 Å². The summed E-state index contributed by atoms with van der Waals surface area (Å²) in [5, 5.41) is 3.09. The lowest BCUT2D eigenvalue weighted by atomic mass is 9.81. The van der Waals surface area contributed by atoms with Crippen LogP contribution in [-0.4, -0.2) is 49.1 Å². The number of amides is 2. The molecule has 2 aromatic rings. The second-order valence-electron chi connectivity index (χ2n) is 12.3. The molecule has 1 aromatic heterocycles. The van der Waals surface area contributed by atoms with Gasteiger partial charge in [0.15, 0.2) is 5.79 Å². The minimum Gasteiger partial charge on any atom is -0.495 e. The van der Waals surface area contributed by atoms with E-state index in [0.29, 0.717) is 53.6 Å². The fraction of sp³-hybridized carbons (Fsp3) is 0.548. The quantitative estimate of drug-likeness (QED) is 0.224. The van der Waals surface area contributed by atoms with Crippen LogP contribution in [0, 0.1) is 5.92 Å². The van der Waals surface area contributed by atoms with Crippen molar-refractivity contribution in [2.45, 2.75) is 81.3 Å². The first-order valence-electron chi connectivity index (χ1n) is 14.6. The maximum Gasteiger partial charge on any atom is 0.251 e. The highest BCUT2D eigenvalue weighted by Crippen LogP contribution is 2.49. The molecule has 4 aliphatic rings. The number of ether oxygens (including phenoxy) is 2. The maximum atomic E-state index is 14.1. The summed E-state index contributed by atoms with van der Waals surface area (Å²) >= 11 is 0. The number of carbonyl (C=O) groups excluding carboxylic acids is 2. The minimum absolute atomic E-state index is 0.0277. The van der Waals surface area contributed by atoms with Gasteiger partial charge in [-0.2, -0.15) is 0 Å². The van der Waals surface area contributed by atoms with E-state index < -0.39 is 17.1 Å². The molecule has 218 valence electrons. The molecule has 3 saturated carbocycles. The number of carbonyl (C=O) groups is 2. The van der Waals surface area contributed by atoms with Gasteiger partial charge in [0.1, 0.15) is 23.5 Å².